The quantitative estimate of drug-likeness (QED) is 0.844. The highest BCUT2D eigenvalue weighted by Gasteiger charge is 2.48. The number of aliphatic carboxylic acids is 1. The predicted octanol–water partition coefficient (Wildman–Crippen LogP) is 1.72. The molecule has 4 nitrogen and oxygen atoms in total. The lowest BCUT2D eigenvalue weighted by Gasteiger charge is -2.21. The fourth-order valence-electron chi connectivity index (χ4n) is 3.21. The Hall–Kier alpha value is -1.29. The van der Waals surface area contributed by atoms with Crippen LogP contribution in [0.1, 0.15) is 24.8 Å². The highest BCUT2D eigenvalue weighted by molar-refractivity contribution is 5.71. The number of fused-ring (bicyclic) bond motifs is 2. The molecule has 2 aliphatic rings. The maximum absolute atomic E-state index is 11.1. The van der Waals surface area contributed by atoms with Crippen LogP contribution in [0.3, 0.4) is 0 Å². The molecule has 0 aliphatic carbocycles. The average Bonchev–Trinajstić information content (AvgIpc) is 2.96. The summed E-state index contributed by atoms with van der Waals surface area (Å²) in [6.45, 7) is 0.829. The van der Waals surface area contributed by atoms with Gasteiger partial charge < -0.3 is 9.52 Å². The highest BCUT2D eigenvalue weighted by atomic mass is 16.4. The predicted molar refractivity (Wildman–Crippen MR) is 56.8 cm³/mol. The van der Waals surface area contributed by atoms with Crippen LogP contribution in [0.15, 0.2) is 23.0 Å². The van der Waals surface area contributed by atoms with Crippen LogP contribution in [0, 0.1) is 5.92 Å². The van der Waals surface area contributed by atoms with E-state index >= 15 is 0 Å². The number of furan rings is 1. The standard InChI is InChI=1S/C12H15NO3/c14-12(15)10-5-9-1-2-11(10)13(9)6-8-3-4-16-7-8/h3-4,7,9-11H,1-2,5-6H2,(H,14,15). The Bertz CT molecular complexity index is 387. The van der Waals surface area contributed by atoms with Gasteiger partial charge in [-0.1, -0.05) is 0 Å². The molecule has 16 heavy (non-hydrogen) atoms. The Morgan fingerprint density at radius 1 is 1.56 bits per heavy atom. The third-order valence-corrected chi connectivity index (χ3v) is 3.94. The van der Waals surface area contributed by atoms with E-state index in [1.54, 1.807) is 12.5 Å². The van der Waals surface area contributed by atoms with Gasteiger partial charge in [0.15, 0.2) is 0 Å². The van der Waals surface area contributed by atoms with Crippen LogP contribution < -0.4 is 0 Å². The van der Waals surface area contributed by atoms with E-state index < -0.39 is 5.97 Å². The van der Waals surface area contributed by atoms with Gasteiger partial charge in [-0.15, -0.1) is 0 Å². The van der Waals surface area contributed by atoms with Crippen LogP contribution in [-0.2, 0) is 11.3 Å². The van der Waals surface area contributed by atoms with Gasteiger partial charge in [-0.05, 0) is 25.3 Å². The van der Waals surface area contributed by atoms with Crippen molar-refractivity contribution < 1.29 is 14.3 Å². The summed E-state index contributed by atoms with van der Waals surface area (Å²) in [6.07, 6.45) is 6.40. The van der Waals surface area contributed by atoms with Crippen molar-refractivity contribution in [3.05, 3.63) is 24.2 Å². The monoisotopic (exact) mass is 221 g/mol. The van der Waals surface area contributed by atoms with Gasteiger partial charge in [-0.25, -0.2) is 0 Å². The van der Waals surface area contributed by atoms with Gasteiger partial charge in [-0.2, -0.15) is 0 Å². The molecule has 3 unspecified atom stereocenters. The largest absolute Gasteiger partial charge is 0.481 e. The van der Waals surface area contributed by atoms with Crippen molar-refractivity contribution in [2.45, 2.75) is 37.9 Å². The lowest BCUT2D eigenvalue weighted by molar-refractivity contribution is -0.142. The van der Waals surface area contributed by atoms with Crippen LogP contribution in [0.4, 0.5) is 0 Å². The van der Waals surface area contributed by atoms with Gasteiger partial charge in [0.25, 0.3) is 0 Å². The molecule has 1 aromatic heterocycles. The van der Waals surface area contributed by atoms with E-state index in [9.17, 15) is 4.79 Å². The summed E-state index contributed by atoms with van der Waals surface area (Å²) in [5, 5.41) is 9.13. The molecule has 0 spiro atoms. The second-order valence-electron chi connectivity index (χ2n) is 4.78. The fraction of sp³-hybridized carbons (Fsp3) is 0.583. The molecule has 2 aliphatic heterocycles. The van der Waals surface area contributed by atoms with Crippen LogP contribution >= 0.6 is 0 Å². The van der Waals surface area contributed by atoms with Crippen molar-refractivity contribution in [1.29, 1.82) is 0 Å². The van der Waals surface area contributed by atoms with E-state index in [2.05, 4.69) is 4.90 Å². The SMILES string of the molecule is O=C(O)C1CC2CCC1N2Cc1ccoc1. The van der Waals surface area contributed by atoms with Crippen molar-refractivity contribution >= 4 is 5.97 Å². The zero-order chi connectivity index (χ0) is 11.1. The summed E-state index contributed by atoms with van der Waals surface area (Å²) in [4.78, 5) is 13.4. The first-order valence-electron chi connectivity index (χ1n) is 5.75. The molecule has 2 fully saturated rings. The number of rotatable bonds is 3. The van der Waals surface area contributed by atoms with E-state index in [1.165, 1.54) is 0 Å². The summed E-state index contributed by atoms with van der Waals surface area (Å²) in [6, 6.07) is 2.64. The highest BCUT2D eigenvalue weighted by Crippen LogP contribution is 2.42. The molecule has 0 aromatic carbocycles. The van der Waals surface area contributed by atoms with Crippen LogP contribution in [0.25, 0.3) is 0 Å². The van der Waals surface area contributed by atoms with Crippen LogP contribution in [0.2, 0.25) is 0 Å². The third-order valence-electron chi connectivity index (χ3n) is 3.94. The number of hydrogen-bond acceptors (Lipinski definition) is 3. The first kappa shape index (κ1) is 9.90. The minimum atomic E-state index is -0.635. The fourth-order valence-corrected chi connectivity index (χ4v) is 3.21. The summed E-state index contributed by atoms with van der Waals surface area (Å²) in [5.74, 6) is -0.796. The van der Waals surface area contributed by atoms with E-state index in [0.29, 0.717) is 6.04 Å². The number of hydrogen-bond donors (Lipinski definition) is 1. The molecule has 3 rings (SSSR count). The minimum absolute atomic E-state index is 0.161. The zero-order valence-corrected chi connectivity index (χ0v) is 9.00. The second-order valence-corrected chi connectivity index (χ2v) is 4.78. The molecule has 2 saturated heterocycles. The number of carboxylic acid groups (broad SMARTS) is 1. The van der Waals surface area contributed by atoms with Crippen molar-refractivity contribution in [1.82, 2.24) is 4.90 Å². The number of nitrogens with zero attached hydrogens (tertiary/aromatic N) is 1. The van der Waals surface area contributed by atoms with Crippen LogP contribution in [-0.4, -0.2) is 28.1 Å². The van der Waals surface area contributed by atoms with E-state index in [1.807, 2.05) is 6.07 Å². The van der Waals surface area contributed by atoms with Gasteiger partial charge in [0, 0.05) is 24.2 Å². The lowest BCUT2D eigenvalue weighted by Crippen LogP contribution is -2.32. The molecule has 86 valence electrons. The molecular weight excluding hydrogens is 206 g/mol. The maximum Gasteiger partial charge on any atom is 0.308 e. The molecule has 4 heteroatoms. The van der Waals surface area contributed by atoms with Crippen molar-refractivity contribution in [3.63, 3.8) is 0 Å². The van der Waals surface area contributed by atoms with E-state index in [4.69, 9.17) is 9.52 Å². The maximum atomic E-state index is 11.1. The first-order chi connectivity index (χ1) is 7.75. The zero-order valence-electron chi connectivity index (χ0n) is 9.00. The molecule has 3 atom stereocenters. The Balaban J connectivity index is 1.75. The number of carbonyl (C=O) groups is 1. The second kappa shape index (κ2) is 3.63. The van der Waals surface area contributed by atoms with Crippen molar-refractivity contribution in [2.75, 3.05) is 0 Å². The van der Waals surface area contributed by atoms with Crippen molar-refractivity contribution in [2.24, 2.45) is 5.92 Å². The van der Waals surface area contributed by atoms with Gasteiger partial charge >= 0.3 is 5.97 Å². The van der Waals surface area contributed by atoms with Gasteiger partial charge in [0.05, 0.1) is 18.4 Å². The third kappa shape index (κ3) is 1.45. The molecular formula is C12H15NO3. The Labute approximate surface area is 93.8 Å². The Morgan fingerprint density at radius 2 is 2.44 bits per heavy atom. The summed E-state index contributed by atoms with van der Waals surface area (Å²) >= 11 is 0. The number of carboxylic acids is 1. The Morgan fingerprint density at radius 3 is 3.06 bits per heavy atom. The van der Waals surface area contributed by atoms with Crippen molar-refractivity contribution in [3.8, 4) is 0 Å². The smallest absolute Gasteiger partial charge is 0.308 e. The van der Waals surface area contributed by atoms with Crippen LogP contribution in [0.5, 0.6) is 0 Å². The van der Waals surface area contributed by atoms with E-state index in [-0.39, 0.29) is 12.0 Å². The molecule has 0 saturated carbocycles. The molecule has 0 amide bonds. The normalized spacial score (nSPS) is 33.4. The minimum Gasteiger partial charge on any atom is -0.481 e. The molecule has 1 aromatic rings. The Kier molecular flexibility index (Phi) is 2.24. The van der Waals surface area contributed by atoms with Gasteiger partial charge in [0.2, 0.25) is 0 Å². The molecule has 2 bridgehead atoms. The first-order valence-corrected chi connectivity index (χ1v) is 5.75. The molecule has 1 N–H and O–H groups in total. The summed E-state index contributed by atoms with van der Waals surface area (Å²) in [7, 11) is 0. The summed E-state index contributed by atoms with van der Waals surface area (Å²) < 4.78 is 5.05. The topological polar surface area (TPSA) is 53.7 Å². The van der Waals surface area contributed by atoms with Gasteiger partial charge in [0.1, 0.15) is 0 Å². The molecule has 3 heterocycles. The average molecular weight is 221 g/mol. The molecule has 0 radical (unpaired) electrons. The van der Waals surface area contributed by atoms with E-state index in [0.717, 1.165) is 31.4 Å². The lowest BCUT2D eigenvalue weighted by atomic mass is 9.89. The van der Waals surface area contributed by atoms with Gasteiger partial charge in [-0.3, -0.25) is 9.69 Å². The summed E-state index contributed by atoms with van der Waals surface area (Å²) in [5.41, 5.74) is 1.14.